The van der Waals surface area contributed by atoms with Gasteiger partial charge in [-0.2, -0.15) is 5.10 Å². The van der Waals surface area contributed by atoms with Gasteiger partial charge in [-0.25, -0.2) is 9.67 Å². The summed E-state index contributed by atoms with van der Waals surface area (Å²) in [5.41, 5.74) is 3.37. The topological polar surface area (TPSA) is 81.8 Å². The fourth-order valence-electron chi connectivity index (χ4n) is 3.80. The van der Waals surface area contributed by atoms with Crippen LogP contribution in [0.1, 0.15) is 44.7 Å². The Labute approximate surface area is 163 Å². The van der Waals surface area contributed by atoms with E-state index in [-0.39, 0.29) is 23.6 Å². The first-order chi connectivity index (χ1) is 13.3. The number of benzene rings is 1. The zero-order valence-corrected chi connectivity index (χ0v) is 16.5. The van der Waals surface area contributed by atoms with Crippen molar-refractivity contribution in [1.82, 2.24) is 19.3 Å². The summed E-state index contributed by atoms with van der Waals surface area (Å²) >= 11 is 0. The molecule has 0 saturated heterocycles. The molecule has 1 aliphatic carbocycles. The lowest BCUT2D eigenvalue weighted by Crippen LogP contribution is -2.29. The predicted octanol–water partition coefficient (Wildman–Crippen LogP) is 2.87. The smallest absolute Gasteiger partial charge is 0.264 e. The average Bonchev–Trinajstić information content (AvgIpc) is 3.10. The summed E-state index contributed by atoms with van der Waals surface area (Å²) in [5, 5.41) is 7.70. The van der Waals surface area contributed by atoms with Crippen molar-refractivity contribution in [3.63, 3.8) is 0 Å². The van der Waals surface area contributed by atoms with E-state index in [9.17, 15) is 9.59 Å². The van der Waals surface area contributed by atoms with E-state index in [0.717, 1.165) is 24.9 Å². The molecule has 0 spiro atoms. The van der Waals surface area contributed by atoms with Crippen LogP contribution in [0.25, 0.3) is 11.0 Å². The van der Waals surface area contributed by atoms with Crippen molar-refractivity contribution in [2.75, 3.05) is 5.32 Å². The van der Waals surface area contributed by atoms with Gasteiger partial charge < -0.3 is 5.32 Å². The third-order valence-electron chi connectivity index (χ3n) is 5.17. The van der Waals surface area contributed by atoms with Gasteiger partial charge in [0, 0.05) is 5.69 Å². The summed E-state index contributed by atoms with van der Waals surface area (Å²) < 4.78 is 3.06. The van der Waals surface area contributed by atoms with Crippen molar-refractivity contribution >= 4 is 22.6 Å². The second kappa shape index (κ2) is 6.89. The number of aryl methyl sites for hydroxylation is 1. The van der Waals surface area contributed by atoms with Crippen LogP contribution in [0.5, 0.6) is 0 Å². The molecule has 0 radical (unpaired) electrons. The zero-order chi connectivity index (χ0) is 19.9. The molecule has 1 aliphatic rings. The number of rotatable bonds is 3. The van der Waals surface area contributed by atoms with Crippen molar-refractivity contribution in [3.8, 4) is 0 Å². The Morgan fingerprint density at radius 2 is 2.00 bits per heavy atom. The summed E-state index contributed by atoms with van der Waals surface area (Å²) in [6.07, 6.45) is 7.31. The Hall–Kier alpha value is -2.96. The molecule has 1 N–H and O–H groups in total. The van der Waals surface area contributed by atoms with Crippen molar-refractivity contribution in [2.45, 2.75) is 58.5 Å². The van der Waals surface area contributed by atoms with Crippen LogP contribution in [-0.4, -0.2) is 25.2 Å². The fraction of sp³-hybridized carbons (Fsp3) is 0.429. The summed E-state index contributed by atoms with van der Waals surface area (Å²) in [6.45, 7) is 5.92. The Balaban J connectivity index is 1.58. The fourth-order valence-corrected chi connectivity index (χ4v) is 3.80. The zero-order valence-electron chi connectivity index (χ0n) is 16.5. The van der Waals surface area contributed by atoms with Crippen molar-refractivity contribution in [3.05, 3.63) is 52.2 Å². The van der Waals surface area contributed by atoms with E-state index >= 15 is 0 Å². The van der Waals surface area contributed by atoms with Crippen molar-refractivity contribution in [2.24, 2.45) is 0 Å². The predicted molar refractivity (Wildman–Crippen MR) is 108 cm³/mol. The van der Waals surface area contributed by atoms with E-state index in [1.165, 1.54) is 34.6 Å². The number of hydrogen-bond donors (Lipinski definition) is 1. The Bertz CT molecular complexity index is 1100. The van der Waals surface area contributed by atoms with Crippen LogP contribution < -0.4 is 10.9 Å². The molecule has 2 heterocycles. The molecule has 0 bridgehead atoms. The Morgan fingerprint density at radius 1 is 1.21 bits per heavy atom. The first kappa shape index (κ1) is 18.4. The molecular formula is C21H25N5O2. The van der Waals surface area contributed by atoms with Crippen LogP contribution in [0.4, 0.5) is 5.69 Å². The number of hydrogen-bond acceptors (Lipinski definition) is 4. The summed E-state index contributed by atoms with van der Waals surface area (Å²) in [7, 11) is 0. The highest BCUT2D eigenvalue weighted by molar-refractivity contribution is 5.91. The number of anilines is 1. The Morgan fingerprint density at radius 3 is 2.79 bits per heavy atom. The van der Waals surface area contributed by atoms with E-state index in [4.69, 9.17) is 0 Å². The van der Waals surface area contributed by atoms with E-state index in [2.05, 4.69) is 21.5 Å². The molecule has 0 saturated carbocycles. The molecule has 0 aliphatic heterocycles. The van der Waals surface area contributed by atoms with Gasteiger partial charge in [0.2, 0.25) is 5.91 Å². The average molecular weight is 379 g/mol. The van der Waals surface area contributed by atoms with Crippen LogP contribution in [0, 0.1) is 0 Å². The molecule has 0 atom stereocenters. The van der Waals surface area contributed by atoms with Crippen LogP contribution in [0.2, 0.25) is 0 Å². The number of carbonyl (C=O) groups is 1. The summed E-state index contributed by atoms with van der Waals surface area (Å²) in [4.78, 5) is 29.8. The lowest BCUT2D eigenvalue weighted by molar-refractivity contribution is -0.116. The van der Waals surface area contributed by atoms with Crippen molar-refractivity contribution < 1.29 is 4.79 Å². The third-order valence-corrected chi connectivity index (χ3v) is 5.17. The molecule has 2 aromatic heterocycles. The molecule has 28 heavy (non-hydrogen) atoms. The number of amides is 1. The highest BCUT2D eigenvalue weighted by atomic mass is 16.2. The van der Waals surface area contributed by atoms with Gasteiger partial charge in [-0.1, -0.05) is 12.1 Å². The Kier molecular flexibility index (Phi) is 4.53. The second-order valence-corrected chi connectivity index (χ2v) is 8.34. The highest BCUT2D eigenvalue weighted by Gasteiger charge is 2.20. The quantitative estimate of drug-likeness (QED) is 0.759. The molecule has 3 aromatic rings. The first-order valence-electron chi connectivity index (χ1n) is 9.69. The lowest BCUT2D eigenvalue weighted by atomic mass is 9.90. The van der Waals surface area contributed by atoms with Crippen LogP contribution in [0.15, 0.2) is 35.5 Å². The largest absolute Gasteiger partial charge is 0.324 e. The maximum absolute atomic E-state index is 12.8. The van der Waals surface area contributed by atoms with Gasteiger partial charge in [0.05, 0.1) is 11.7 Å². The molecule has 4 rings (SSSR count). The van der Waals surface area contributed by atoms with Gasteiger partial charge >= 0.3 is 0 Å². The molecule has 146 valence electrons. The molecule has 7 heteroatoms. The van der Waals surface area contributed by atoms with Gasteiger partial charge in [0.1, 0.15) is 18.3 Å². The van der Waals surface area contributed by atoms with Gasteiger partial charge in [0.25, 0.3) is 5.56 Å². The van der Waals surface area contributed by atoms with E-state index in [1.54, 1.807) is 4.68 Å². The summed E-state index contributed by atoms with van der Waals surface area (Å²) in [5.74, 6) is -0.231. The first-order valence-corrected chi connectivity index (χ1v) is 9.69. The molecule has 1 aromatic carbocycles. The van der Waals surface area contributed by atoms with Gasteiger partial charge in [0.15, 0.2) is 5.65 Å². The van der Waals surface area contributed by atoms with Gasteiger partial charge in [-0.15, -0.1) is 0 Å². The maximum Gasteiger partial charge on any atom is 0.264 e. The summed E-state index contributed by atoms with van der Waals surface area (Å²) in [6, 6.07) is 6.03. The minimum absolute atomic E-state index is 0.0772. The normalized spacial score (nSPS) is 14.1. The maximum atomic E-state index is 12.8. The number of fused-ring (bicyclic) bond motifs is 2. The highest BCUT2D eigenvalue weighted by Crippen LogP contribution is 2.27. The standard InChI is InChI=1S/C21H25N5O2/c1-21(2,3)26-19-16(11-23-26)20(28)25(13-22-19)12-18(27)24-17-10-6-8-14-7-4-5-9-15(14)17/h6,8,10-11,13H,4-5,7,9,12H2,1-3H3,(H,24,27). The van der Waals surface area contributed by atoms with Crippen LogP contribution >= 0.6 is 0 Å². The van der Waals surface area contributed by atoms with Gasteiger partial charge in [-0.3, -0.25) is 14.2 Å². The number of aromatic nitrogens is 4. The molecule has 1 amide bonds. The van der Waals surface area contributed by atoms with Crippen LogP contribution in [-0.2, 0) is 29.7 Å². The van der Waals surface area contributed by atoms with Crippen LogP contribution in [0.3, 0.4) is 0 Å². The molecule has 0 unspecified atom stereocenters. The molecule has 0 fully saturated rings. The lowest BCUT2D eigenvalue weighted by Gasteiger charge is -2.20. The van der Waals surface area contributed by atoms with E-state index < -0.39 is 0 Å². The minimum Gasteiger partial charge on any atom is -0.324 e. The van der Waals surface area contributed by atoms with Crippen molar-refractivity contribution in [1.29, 1.82) is 0 Å². The van der Waals surface area contributed by atoms with E-state index in [1.807, 2.05) is 32.9 Å². The second-order valence-electron chi connectivity index (χ2n) is 8.34. The monoisotopic (exact) mass is 379 g/mol. The van der Waals surface area contributed by atoms with Gasteiger partial charge in [-0.05, 0) is 63.6 Å². The number of nitrogens with zero attached hydrogens (tertiary/aromatic N) is 4. The number of nitrogens with one attached hydrogen (secondary N) is 1. The molecule has 7 nitrogen and oxygen atoms in total. The molecular weight excluding hydrogens is 354 g/mol. The SMILES string of the molecule is CC(C)(C)n1ncc2c(=O)n(CC(=O)Nc3cccc4c3CCCC4)cnc21. The van der Waals surface area contributed by atoms with E-state index in [0.29, 0.717) is 11.0 Å². The number of carbonyl (C=O) groups excluding carboxylic acids is 1. The third kappa shape index (κ3) is 3.32. The minimum atomic E-state index is -0.281.